The standard InChI is InChI=1S/C12H13S.3ClH.Zr/c13-9-12(10-5-1-2-6-10)11-7-3-4-8-11;;;;/h1-5,7,13H,6,8-9H2;3*1H;/q;;;;+3/p-3. The van der Waals surface area contributed by atoms with Gasteiger partial charge in [0.2, 0.25) is 0 Å². The molecule has 0 radical (unpaired) electrons. The molecule has 17 heavy (non-hydrogen) atoms. The zero-order valence-electron chi connectivity index (χ0n) is 9.17. The molecule has 0 bridgehead atoms. The molecule has 5 heteroatoms. The Balaban J connectivity index is 0. The summed E-state index contributed by atoms with van der Waals surface area (Å²) in [7, 11) is 0. The first-order chi connectivity index (χ1) is 6.77. The third-order valence-electron chi connectivity index (χ3n) is 2.88. The summed E-state index contributed by atoms with van der Waals surface area (Å²) in [4.78, 5) is 0. The van der Waals surface area contributed by atoms with E-state index < -0.39 is 0 Å². The average Bonchev–Trinajstić information content (AvgIpc) is 2.88. The maximum absolute atomic E-state index is 4.54. The third kappa shape index (κ3) is 4.28. The van der Waals surface area contributed by atoms with Crippen LogP contribution in [0.4, 0.5) is 0 Å². The molecule has 0 N–H and O–H groups in total. The summed E-state index contributed by atoms with van der Waals surface area (Å²) in [6.45, 7) is 0. The van der Waals surface area contributed by atoms with Crippen molar-refractivity contribution in [2.75, 3.05) is 5.75 Å². The monoisotopic (exact) mass is 384 g/mol. The van der Waals surface area contributed by atoms with Crippen molar-refractivity contribution in [3.05, 3.63) is 47.6 Å². The first-order valence-electron chi connectivity index (χ1n) is 4.85. The van der Waals surface area contributed by atoms with Crippen LogP contribution >= 0.6 is 12.6 Å². The molecular weight excluding hydrogens is 374 g/mol. The van der Waals surface area contributed by atoms with Gasteiger partial charge in [-0.05, 0) is 0 Å². The van der Waals surface area contributed by atoms with Crippen LogP contribution in [0.1, 0.15) is 12.8 Å². The molecule has 0 aromatic heterocycles. The second-order valence-corrected chi connectivity index (χ2v) is 6.13. The second-order valence-electron chi connectivity index (χ2n) is 3.71. The number of halogens is 3. The summed E-state index contributed by atoms with van der Waals surface area (Å²) in [6.07, 6.45) is 15.6. The predicted octanol–water partition coefficient (Wildman–Crippen LogP) is -5.59. The van der Waals surface area contributed by atoms with Crippen LogP contribution in [-0.4, -0.2) is 5.75 Å². The van der Waals surface area contributed by atoms with Gasteiger partial charge in [-0.1, -0.05) is 0 Å². The van der Waals surface area contributed by atoms with E-state index in [0.717, 1.165) is 18.6 Å². The molecule has 0 aromatic rings. The van der Waals surface area contributed by atoms with Crippen molar-refractivity contribution in [2.45, 2.75) is 16.0 Å². The van der Waals surface area contributed by atoms with E-state index in [1.54, 1.807) is 35.9 Å². The van der Waals surface area contributed by atoms with Gasteiger partial charge >= 0.3 is 107 Å². The van der Waals surface area contributed by atoms with Gasteiger partial charge in [0.25, 0.3) is 0 Å². The van der Waals surface area contributed by atoms with Gasteiger partial charge in [0, 0.05) is 0 Å². The van der Waals surface area contributed by atoms with Gasteiger partial charge in [-0.15, -0.1) is 0 Å². The smallest absolute Gasteiger partial charge is 1.00 e. The van der Waals surface area contributed by atoms with E-state index in [9.17, 15) is 0 Å². The molecule has 2 aliphatic carbocycles. The Morgan fingerprint density at radius 1 is 1.00 bits per heavy atom. The molecule has 0 aliphatic heterocycles. The Bertz CT molecular complexity index is 329. The fraction of sp³-hybridized carbons (Fsp3) is 0.333. The van der Waals surface area contributed by atoms with Crippen molar-refractivity contribution in [3.8, 4) is 0 Å². The molecule has 0 atom stereocenters. The maximum Gasteiger partial charge on any atom is -1.00 e. The van der Waals surface area contributed by atoms with E-state index in [0.29, 0.717) is 0 Å². The van der Waals surface area contributed by atoms with Crippen LogP contribution in [0.5, 0.6) is 0 Å². The van der Waals surface area contributed by atoms with Crippen LogP contribution in [0.3, 0.4) is 0 Å². The minimum atomic E-state index is 0. The van der Waals surface area contributed by atoms with Crippen molar-refractivity contribution < 1.29 is 61.9 Å². The summed E-state index contributed by atoms with van der Waals surface area (Å²) in [5, 5.41) is 0. The third-order valence-corrected chi connectivity index (χ3v) is 6.09. The summed E-state index contributed by atoms with van der Waals surface area (Å²) in [5.74, 6) is 0.937. The summed E-state index contributed by atoms with van der Waals surface area (Å²) >= 11 is 6.10. The predicted molar refractivity (Wildman–Crippen MR) is 60.2 cm³/mol. The Kier molecular flexibility index (Phi) is 10.8. The zero-order chi connectivity index (χ0) is 10.0. The van der Waals surface area contributed by atoms with Crippen molar-refractivity contribution >= 4 is 12.6 Å². The number of rotatable bonds is 3. The molecule has 0 heterocycles. The molecule has 2 rings (SSSR count). The van der Waals surface area contributed by atoms with Crippen LogP contribution in [0.25, 0.3) is 0 Å². The van der Waals surface area contributed by atoms with Crippen LogP contribution < -0.4 is 37.2 Å². The van der Waals surface area contributed by atoms with E-state index in [1.165, 1.54) is 0 Å². The van der Waals surface area contributed by atoms with Gasteiger partial charge < -0.3 is 37.2 Å². The Labute approximate surface area is 143 Å². The summed E-state index contributed by atoms with van der Waals surface area (Å²) < 4.78 is 0.253. The molecule has 92 valence electrons. The number of hydrogen-bond acceptors (Lipinski definition) is 1. The molecule has 0 saturated heterocycles. The minimum Gasteiger partial charge on any atom is -1.00 e. The molecule has 0 unspecified atom stereocenters. The fourth-order valence-corrected chi connectivity index (χ4v) is 3.25. The van der Waals surface area contributed by atoms with Gasteiger partial charge in [0.1, 0.15) is 0 Å². The molecular formula is C12H13Cl3SZr. The Morgan fingerprint density at radius 3 is 1.65 bits per heavy atom. The molecule has 0 spiro atoms. The Hall–Kier alpha value is 1.06. The number of allylic oxidation sites excluding steroid dienone is 8. The number of thiol groups is 1. The van der Waals surface area contributed by atoms with Crippen molar-refractivity contribution in [1.82, 2.24) is 0 Å². The molecule has 0 saturated carbocycles. The van der Waals surface area contributed by atoms with Crippen molar-refractivity contribution in [2.24, 2.45) is 0 Å². The maximum atomic E-state index is 4.54. The van der Waals surface area contributed by atoms with Gasteiger partial charge in [-0.3, -0.25) is 0 Å². The molecule has 0 fully saturated rings. The number of hydrogen-bond donors (Lipinski definition) is 1. The Morgan fingerprint density at radius 2 is 1.41 bits per heavy atom. The fourth-order valence-electron chi connectivity index (χ4n) is 1.94. The van der Waals surface area contributed by atoms with Crippen LogP contribution in [0.15, 0.2) is 47.6 Å². The summed E-state index contributed by atoms with van der Waals surface area (Å²) in [5.41, 5.74) is 3.08. The van der Waals surface area contributed by atoms with E-state index in [-0.39, 0.29) is 40.3 Å². The van der Waals surface area contributed by atoms with Gasteiger partial charge in [-0.25, -0.2) is 0 Å². The molecule has 2 aliphatic rings. The van der Waals surface area contributed by atoms with Crippen molar-refractivity contribution in [1.29, 1.82) is 0 Å². The molecule has 0 aromatic carbocycles. The minimum absolute atomic E-state index is 0. The van der Waals surface area contributed by atoms with Gasteiger partial charge in [0.05, 0.1) is 0 Å². The van der Waals surface area contributed by atoms with Crippen LogP contribution in [-0.2, 0) is 24.7 Å². The average molecular weight is 387 g/mol. The SMILES string of the molecule is SC[C]([Zr+3])(C1=CC=CC1)C1=CC=CC1.[Cl-].[Cl-].[Cl-]. The van der Waals surface area contributed by atoms with Crippen molar-refractivity contribution in [3.63, 3.8) is 0 Å². The largest absolute Gasteiger partial charge is 1.00 e. The molecule has 0 nitrogen and oxygen atoms in total. The first kappa shape index (κ1) is 20.4. The molecule has 0 amide bonds. The van der Waals surface area contributed by atoms with Gasteiger partial charge in [-0.2, -0.15) is 0 Å². The summed E-state index contributed by atoms with van der Waals surface area (Å²) in [6, 6.07) is 0. The van der Waals surface area contributed by atoms with Gasteiger partial charge in [0.15, 0.2) is 0 Å². The quantitative estimate of drug-likeness (QED) is 0.460. The van der Waals surface area contributed by atoms with E-state index in [2.05, 4.69) is 49.1 Å². The zero-order valence-corrected chi connectivity index (χ0v) is 14.8. The van der Waals surface area contributed by atoms with E-state index >= 15 is 0 Å². The normalized spacial score (nSPS) is 16.6. The second kappa shape index (κ2) is 9.04. The van der Waals surface area contributed by atoms with E-state index in [4.69, 9.17) is 0 Å². The van der Waals surface area contributed by atoms with Crippen LogP contribution in [0.2, 0.25) is 3.12 Å². The first-order valence-corrected chi connectivity index (χ1v) is 6.72. The van der Waals surface area contributed by atoms with E-state index in [1.807, 2.05) is 0 Å². The van der Waals surface area contributed by atoms with Crippen LogP contribution in [0, 0.1) is 0 Å². The topological polar surface area (TPSA) is 0 Å².